The molecule has 74 valence electrons. The van der Waals surface area contributed by atoms with E-state index in [9.17, 15) is 0 Å². The van der Waals surface area contributed by atoms with Crippen molar-refractivity contribution >= 4 is 0 Å². The van der Waals surface area contributed by atoms with Crippen molar-refractivity contribution in [2.24, 2.45) is 11.8 Å². The summed E-state index contributed by atoms with van der Waals surface area (Å²) < 4.78 is 0. The fourth-order valence-corrected chi connectivity index (χ4v) is 2.31. The van der Waals surface area contributed by atoms with Crippen molar-refractivity contribution in [2.75, 3.05) is 0 Å². The zero-order valence-electron chi connectivity index (χ0n) is 9.22. The van der Waals surface area contributed by atoms with Crippen LogP contribution in [0.2, 0.25) is 0 Å². The summed E-state index contributed by atoms with van der Waals surface area (Å²) in [5, 5.41) is 0. The second kappa shape index (κ2) is 5.26. The molecule has 0 N–H and O–H groups in total. The molecule has 0 heteroatoms. The second-order valence-corrected chi connectivity index (χ2v) is 3.86. The van der Waals surface area contributed by atoms with E-state index in [1.165, 1.54) is 25.7 Å². The minimum Gasteiger partial charge on any atom is -0.0840 e. The van der Waals surface area contributed by atoms with Crippen LogP contribution in [0.25, 0.3) is 0 Å². The van der Waals surface area contributed by atoms with Gasteiger partial charge in [0, 0.05) is 0 Å². The average Bonchev–Trinajstić information content (AvgIpc) is 2.22. The highest BCUT2D eigenvalue weighted by Crippen LogP contribution is 2.36. The topological polar surface area (TPSA) is 0 Å². The summed E-state index contributed by atoms with van der Waals surface area (Å²) in [5.74, 6) is 1.79. The SMILES string of the molecule is CC.CC1CC=CC2=CCCCC21. The Kier molecular flexibility index (Phi) is 4.27. The highest BCUT2D eigenvalue weighted by atomic mass is 14.3. The van der Waals surface area contributed by atoms with Crippen LogP contribution in [0.1, 0.15) is 46.5 Å². The molecule has 2 atom stereocenters. The molecular weight excluding hydrogens is 156 g/mol. The molecule has 0 saturated carbocycles. The van der Waals surface area contributed by atoms with E-state index < -0.39 is 0 Å². The van der Waals surface area contributed by atoms with Crippen LogP contribution in [-0.4, -0.2) is 0 Å². The number of fused-ring (bicyclic) bond motifs is 1. The minimum absolute atomic E-state index is 0.895. The number of allylic oxidation sites excluding steroid dienone is 4. The van der Waals surface area contributed by atoms with Gasteiger partial charge in [0.1, 0.15) is 0 Å². The fraction of sp³-hybridized carbons (Fsp3) is 0.692. The summed E-state index contributed by atoms with van der Waals surface area (Å²) in [7, 11) is 0. The van der Waals surface area contributed by atoms with Crippen molar-refractivity contribution in [2.45, 2.75) is 46.5 Å². The van der Waals surface area contributed by atoms with Crippen LogP contribution < -0.4 is 0 Å². The Morgan fingerprint density at radius 3 is 2.77 bits per heavy atom. The Bertz CT molecular complexity index is 198. The molecule has 0 nitrogen and oxygen atoms in total. The van der Waals surface area contributed by atoms with Gasteiger partial charge in [0.25, 0.3) is 0 Å². The van der Waals surface area contributed by atoms with Gasteiger partial charge in [-0.05, 0) is 43.1 Å². The number of rotatable bonds is 0. The molecule has 0 aromatic carbocycles. The van der Waals surface area contributed by atoms with Gasteiger partial charge in [-0.25, -0.2) is 0 Å². The molecule has 0 heterocycles. The molecule has 0 amide bonds. The first kappa shape index (κ1) is 10.6. The fourth-order valence-electron chi connectivity index (χ4n) is 2.31. The van der Waals surface area contributed by atoms with E-state index in [-0.39, 0.29) is 0 Å². The zero-order valence-corrected chi connectivity index (χ0v) is 9.22. The molecule has 0 spiro atoms. The lowest BCUT2D eigenvalue weighted by molar-refractivity contribution is 0.364. The Balaban J connectivity index is 0.000000396. The van der Waals surface area contributed by atoms with E-state index in [1.807, 2.05) is 13.8 Å². The lowest BCUT2D eigenvalue weighted by Crippen LogP contribution is -2.18. The quantitative estimate of drug-likeness (QED) is 0.518. The average molecular weight is 178 g/mol. The summed E-state index contributed by atoms with van der Waals surface area (Å²) in [6.07, 6.45) is 12.5. The molecule has 0 aromatic heterocycles. The third-order valence-electron chi connectivity index (χ3n) is 3.03. The van der Waals surface area contributed by atoms with Crippen LogP contribution in [-0.2, 0) is 0 Å². The van der Waals surface area contributed by atoms with E-state index in [0.29, 0.717) is 0 Å². The lowest BCUT2D eigenvalue weighted by atomic mass is 9.75. The highest BCUT2D eigenvalue weighted by molar-refractivity contribution is 5.27. The van der Waals surface area contributed by atoms with E-state index in [1.54, 1.807) is 5.57 Å². The van der Waals surface area contributed by atoms with Gasteiger partial charge in [0.2, 0.25) is 0 Å². The normalized spacial score (nSPS) is 31.2. The molecule has 0 fully saturated rings. The standard InChI is InChI=1S/C11H16.C2H6/c1-9-5-4-7-10-6-2-3-8-11(9)10;1-2/h4,6-7,9,11H,2-3,5,8H2,1H3;1-2H3. The predicted octanol–water partition coefficient (Wildman–Crippen LogP) is 4.34. The second-order valence-electron chi connectivity index (χ2n) is 3.86. The lowest BCUT2D eigenvalue weighted by Gasteiger charge is -2.30. The van der Waals surface area contributed by atoms with E-state index >= 15 is 0 Å². The summed E-state index contributed by atoms with van der Waals surface area (Å²) in [4.78, 5) is 0. The molecular formula is C13H22. The highest BCUT2D eigenvalue weighted by Gasteiger charge is 2.23. The van der Waals surface area contributed by atoms with Gasteiger partial charge in [-0.2, -0.15) is 0 Å². The monoisotopic (exact) mass is 178 g/mol. The van der Waals surface area contributed by atoms with Crippen molar-refractivity contribution in [3.05, 3.63) is 23.8 Å². The van der Waals surface area contributed by atoms with Crippen molar-refractivity contribution in [3.63, 3.8) is 0 Å². The molecule has 13 heavy (non-hydrogen) atoms. The van der Waals surface area contributed by atoms with Crippen molar-refractivity contribution in [1.82, 2.24) is 0 Å². The maximum Gasteiger partial charge on any atom is -0.0136 e. The molecule has 0 saturated heterocycles. The van der Waals surface area contributed by atoms with Gasteiger partial charge in [-0.1, -0.05) is 39.0 Å². The summed E-state index contributed by atoms with van der Waals surface area (Å²) in [6, 6.07) is 0. The Hall–Kier alpha value is -0.520. The maximum atomic E-state index is 2.43. The van der Waals surface area contributed by atoms with Crippen LogP contribution in [0.3, 0.4) is 0 Å². The van der Waals surface area contributed by atoms with Crippen molar-refractivity contribution in [3.8, 4) is 0 Å². The van der Waals surface area contributed by atoms with Crippen LogP contribution >= 0.6 is 0 Å². The van der Waals surface area contributed by atoms with Gasteiger partial charge >= 0.3 is 0 Å². The van der Waals surface area contributed by atoms with Crippen LogP contribution in [0.5, 0.6) is 0 Å². The number of hydrogen-bond acceptors (Lipinski definition) is 0. The van der Waals surface area contributed by atoms with Gasteiger partial charge in [-0.15, -0.1) is 0 Å². The zero-order chi connectivity index (χ0) is 9.68. The first-order chi connectivity index (χ1) is 6.38. The van der Waals surface area contributed by atoms with Gasteiger partial charge in [-0.3, -0.25) is 0 Å². The molecule has 0 radical (unpaired) electrons. The molecule has 2 rings (SSSR count). The first-order valence-corrected chi connectivity index (χ1v) is 5.74. The summed E-state index contributed by atoms with van der Waals surface area (Å²) in [5.41, 5.74) is 1.62. The molecule has 2 unspecified atom stereocenters. The van der Waals surface area contributed by atoms with Gasteiger partial charge < -0.3 is 0 Å². The summed E-state index contributed by atoms with van der Waals surface area (Å²) in [6.45, 7) is 6.38. The van der Waals surface area contributed by atoms with Crippen LogP contribution in [0.15, 0.2) is 23.8 Å². The predicted molar refractivity (Wildman–Crippen MR) is 59.7 cm³/mol. The van der Waals surface area contributed by atoms with Gasteiger partial charge in [0.05, 0.1) is 0 Å². The van der Waals surface area contributed by atoms with E-state index in [2.05, 4.69) is 25.2 Å². The molecule has 0 bridgehead atoms. The van der Waals surface area contributed by atoms with Crippen LogP contribution in [0, 0.1) is 11.8 Å². The minimum atomic E-state index is 0.895. The van der Waals surface area contributed by atoms with Crippen molar-refractivity contribution in [1.29, 1.82) is 0 Å². The van der Waals surface area contributed by atoms with Crippen molar-refractivity contribution < 1.29 is 0 Å². The number of hydrogen-bond donors (Lipinski definition) is 0. The Morgan fingerprint density at radius 1 is 1.31 bits per heavy atom. The first-order valence-electron chi connectivity index (χ1n) is 5.74. The molecule has 0 aromatic rings. The maximum absolute atomic E-state index is 2.43. The third kappa shape index (κ3) is 2.46. The molecule has 2 aliphatic carbocycles. The summed E-state index contributed by atoms with van der Waals surface area (Å²) >= 11 is 0. The Labute approximate surface area is 82.7 Å². The largest absolute Gasteiger partial charge is 0.0840 e. The molecule has 2 aliphatic rings. The van der Waals surface area contributed by atoms with Gasteiger partial charge in [0.15, 0.2) is 0 Å². The molecule has 0 aliphatic heterocycles. The Morgan fingerprint density at radius 2 is 2.08 bits per heavy atom. The van der Waals surface area contributed by atoms with E-state index in [0.717, 1.165) is 11.8 Å². The third-order valence-corrected chi connectivity index (χ3v) is 3.03. The smallest absolute Gasteiger partial charge is 0.0136 e. The van der Waals surface area contributed by atoms with Crippen LogP contribution in [0.4, 0.5) is 0 Å². The van der Waals surface area contributed by atoms with E-state index in [4.69, 9.17) is 0 Å².